The minimum atomic E-state index is -0.876. The van der Waals surface area contributed by atoms with Gasteiger partial charge in [-0.1, -0.05) is 37.3 Å². The zero-order chi connectivity index (χ0) is 15.0. The summed E-state index contributed by atoms with van der Waals surface area (Å²) in [5.74, 6) is -1.09. The molecule has 0 saturated carbocycles. The summed E-state index contributed by atoms with van der Waals surface area (Å²) in [5, 5.41) is 11.7. The van der Waals surface area contributed by atoms with Crippen molar-refractivity contribution in [2.75, 3.05) is 7.11 Å². The summed E-state index contributed by atoms with van der Waals surface area (Å²) in [6.45, 7) is 1.86. The van der Waals surface area contributed by atoms with Gasteiger partial charge in [-0.05, 0) is 18.4 Å². The SMILES string of the molecule is CCC(OC)C(=O)NC(CCC(=O)O)c1ccccc1. The van der Waals surface area contributed by atoms with Gasteiger partial charge in [0, 0.05) is 13.5 Å². The van der Waals surface area contributed by atoms with Crippen LogP contribution in [0.3, 0.4) is 0 Å². The molecule has 0 radical (unpaired) electrons. The van der Waals surface area contributed by atoms with E-state index in [0.29, 0.717) is 12.8 Å². The number of methoxy groups -OCH3 is 1. The number of carboxylic acids is 1. The highest BCUT2D eigenvalue weighted by molar-refractivity contribution is 5.81. The average molecular weight is 279 g/mol. The molecule has 2 atom stereocenters. The summed E-state index contributed by atoms with van der Waals surface area (Å²) in [7, 11) is 1.49. The first-order valence-electron chi connectivity index (χ1n) is 6.68. The molecule has 1 aromatic carbocycles. The van der Waals surface area contributed by atoms with E-state index in [4.69, 9.17) is 9.84 Å². The molecule has 0 fully saturated rings. The molecule has 1 rings (SSSR count). The van der Waals surface area contributed by atoms with Gasteiger partial charge >= 0.3 is 5.97 Å². The number of carboxylic acid groups (broad SMARTS) is 1. The summed E-state index contributed by atoms with van der Waals surface area (Å²) in [5.41, 5.74) is 0.896. The Balaban J connectivity index is 2.77. The van der Waals surface area contributed by atoms with Gasteiger partial charge in [0.05, 0.1) is 6.04 Å². The molecule has 20 heavy (non-hydrogen) atoms. The molecule has 5 heteroatoms. The fourth-order valence-corrected chi connectivity index (χ4v) is 2.00. The topological polar surface area (TPSA) is 75.6 Å². The lowest BCUT2D eigenvalue weighted by molar-refractivity contribution is -0.138. The third-order valence-corrected chi connectivity index (χ3v) is 3.11. The second kappa shape index (κ2) is 8.32. The molecule has 5 nitrogen and oxygen atoms in total. The smallest absolute Gasteiger partial charge is 0.303 e. The maximum atomic E-state index is 12.1. The Bertz CT molecular complexity index is 429. The first-order chi connectivity index (χ1) is 9.58. The number of aliphatic carboxylic acids is 1. The van der Waals surface area contributed by atoms with Gasteiger partial charge in [0.15, 0.2) is 0 Å². The van der Waals surface area contributed by atoms with Gasteiger partial charge in [-0.15, -0.1) is 0 Å². The normalized spacial score (nSPS) is 13.5. The van der Waals surface area contributed by atoms with Crippen LogP contribution in [-0.2, 0) is 14.3 Å². The van der Waals surface area contributed by atoms with Crippen molar-refractivity contribution < 1.29 is 19.4 Å². The van der Waals surface area contributed by atoms with Crippen LogP contribution in [0.25, 0.3) is 0 Å². The van der Waals surface area contributed by atoms with E-state index in [2.05, 4.69) is 5.32 Å². The molecule has 0 aliphatic heterocycles. The average Bonchev–Trinajstić information content (AvgIpc) is 2.45. The van der Waals surface area contributed by atoms with Crippen molar-refractivity contribution >= 4 is 11.9 Å². The van der Waals surface area contributed by atoms with E-state index < -0.39 is 12.1 Å². The predicted octanol–water partition coefficient (Wildman–Crippen LogP) is 2.13. The van der Waals surface area contributed by atoms with Crippen molar-refractivity contribution in [1.29, 1.82) is 0 Å². The van der Waals surface area contributed by atoms with E-state index in [1.807, 2.05) is 37.3 Å². The van der Waals surface area contributed by atoms with Gasteiger partial charge in [-0.2, -0.15) is 0 Å². The van der Waals surface area contributed by atoms with Gasteiger partial charge in [-0.3, -0.25) is 9.59 Å². The minimum Gasteiger partial charge on any atom is -0.481 e. The molecule has 0 aliphatic carbocycles. The summed E-state index contributed by atoms with van der Waals surface area (Å²) in [4.78, 5) is 22.8. The fraction of sp³-hybridized carbons (Fsp3) is 0.467. The Hall–Kier alpha value is -1.88. The second-order valence-corrected chi connectivity index (χ2v) is 4.54. The molecule has 0 saturated heterocycles. The summed E-state index contributed by atoms with van der Waals surface area (Å²) < 4.78 is 5.10. The van der Waals surface area contributed by atoms with Gasteiger partial charge < -0.3 is 15.2 Å². The van der Waals surface area contributed by atoms with Crippen LogP contribution in [0.5, 0.6) is 0 Å². The maximum absolute atomic E-state index is 12.1. The van der Waals surface area contributed by atoms with E-state index in [1.165, 1.54) is 7.11 Å². The number of rotatable bonds is 8. The highest BCUT2D eigenvalue weighted by atomic mass is 16.5. The maximum Gasteiger partial charge on any atom is 0.303 e. The number of benzene rings is 1. The Kier molecular flexibility index (Phi) is 6.73. The quantitative estimate of drug-likeness (QED) is 0.764. The highest BCUT2D eigenvalue weighted by Crippen LogP contribution is 2.19. The minimum absolute atomic E-state index is 0.00359. The molecule has 110 valence electrons. The van der Waals surface area contributed by atoms with Crippen molar-refractivity contribution in [3.63, 3.8) is 0 Å². The van der Waals surface area contributed by atoms with Crippen molar-refractivity contribution in [1.82, 2.24) is 5.32 Å². The van der Waals surface area contributed by atoms with Gasteiger partial charge in [0.1, 0.15) is 6.10 Å². The highest BCUT2D eigenvalue weighted by Gasteiger charge is 2.21. The molecule has 0 aromatic heterocycles. The molecule has 2 unspecified atom stereocenters. The van der Waals surface area contributed by atoms with Crippen molar-refractivity contribution in [2.24, 2.45) is 0 Å². The third kappa shape index (κ3) is 5.01. The zero-order valence-corrected chi connectivity index (χ0v) is 11.8. The van der Waals surface area contributed by atoms with E-state index in [0.717, 1.165) is 5.56 Å². The van der Waals surface area contributed by atoms with Crippen LogP contribution in [0, 0.1) is 0 Å². The molecule has 1 aromatic rings. The lowest BCUT2D eigenvalue weighted by atomic mass is 10.0. The largest absolute Gasteiger partial charge is 0.481 e. The van der Waals surface area contributed by atoms with Crippen LogP contribution in [0.15, 0.2) is 30.3 Å². The van der Waals surface area contributed by atoms with Gasteiger partial charge in [0.25, 0.3) is 0 Å². The summed E-state index contributed by atoms with van der Waals surface area (Å²) in [6, 6.07) is 9.04. The first-order valence-corrected chi connectivity index (χ1v) is 6.68. The third-order valence-electron chi connectivity index (χ3n) is 3.11. The fourth-order valence-electron chi connectivity index (χ4n) is 2.00. The van der Waals surface area contributed by atoms with E-state index >= 15 is 0 Å². The molecular weight excluding hydrogens is 258 g/mol. The lowest BCUT2D eigenvalue weighted by Gasteiger charge is -2.21. The number of ether oxygens (including phenoxy) is 1. The summed E-state index contributed by atoms with van der Waals surface area (Å²) in [6.07, 6.45) is 0.420. The van der Waals surface area contributed by atoms with Crippen LogP contribution < -0.4 is 5.32 Å². The summed E-state index contributed by atoms with van der Waals surface area (Å²) >= 11 is 0. The number of hydrogen-bond acceptors (Lipinski definition) is 3. The van der Waals surface area contributed by atoms with Crippen LogP contribution in [0.4, 0.5) is 0 Å². The van der Waals surface area contributed by atoms with Crippen LogP contribution in [0.1, 0.15) is 37.8 Å². The van der Waals surface area contributed by atoms with Crippen LogP contribution >= 0.6 is 0 Å². The molecule has 1 amide bonds. The Morgan fingerprint density at radius 2 is 1.95 bits per heavy atom. The molecule has 0 aliphatic rings. The van der Waals surface area contributed by atoms with E-state index in [9.17, 15) is 9.59 Å². The second-order valence-electron chi connectivity index (χ2n) is 4.54. The van der Waals surface area contributed by atoms with E-state index in [1.54, 1.807) is 0 Å². The molecule has 0 heterocycles. The van der Waals surface area contributed by atoms with Crippen LogP contribution in [0.2, 0.25) is 0 Å². The number of hydrogen-bond donors (Lipinski definition) is 2. The zero-order valence-electron chi connectivity index (χ0n) is 11.8. The lowest BCUT2D eigenvalue weighted by Crippen LogP contribution is -2.38. The number of amides is 1. The predicted molar refractivity (Wildman–Crippen MR) is 75.3 cm³/mol. The van der Waals surface area contributed by atoms with Crippen molar-refractivity contribution in [2.45, 2.75) is 38.3 Å². The molecule has 0 spiro atoms. The van der Waals surface area contributed by atoms with Crippen molar-refractivity contribution in [3.05, 3.63) is 35.9 Å². The Labute approximate surface area is 118 Å². The Morgan fingerprint density at radius 1 is 1.30 bits per heavy atom. The number of carbonyl (C=O) groups excluding carboxylic acids is 1. The number of nitrogens with one attached hydrogen (secondary N) is 1. The standard InChI is InChI=1S/C15H21NO4/c1-3-13(20-2)15(19)16-12(9-10-14(17)18)11-7-5-4-6-8-11/h4-8,12-13H,3,9-10H2,1-2H3,(H,16,19)(H,17,18). The monoisotopic (exact) mass is 279 g/mol. The Morgan fingerprint density at radius 3 is 2.45 bits per heavy atom. The first kappa shape index (κ1) is 16.2. The molecule has 2 N–H and O–H groups in total. The van der Waals surface area contributed by atoms with Gasteiger partial charge in [-0.25, -0.2) is 0 Å². The van der Waals surface area contributed by atoms with Crippen molar-refractivity contribution in [3.8, 4) is 0 Å². The van der Waals surface area contributed by atoms with E-state index in [-0.39, 0.29) is 18.4 Å². The van der Waals surface area contributed by atoms with Gasteiger partial charge in [0.2, 0.25) is 5.91 Å². The number of carbonyl (C=O) groups is 2. The molecule has 0 bridgehead atoms. The molecular formula is C15H21NO4. The van der Waals surface area contributed by atoms with Crippen LogP contribution in [-0.4, -0.2) is 30.2 Å².